The summed E-state index contributed by atoms with van der Waals surface area (Å²) in [5.41, 5.74) is 1.67. The summed E-state index contributed by atoms with van der Waals surface area (Å²) in [6.45, 7) is 0. The van der Waals surface area contributed by atoms with Crippen LogP contribution in [0.4, 0.5) is 5.69 Å². The van der Waals surface area contributed by atoms with E-state index in [9.17, 15) is 5.11 Å². The van der Waals surface area contributed by atoms with Gasteiger partial charge in [0.1, 0.15) is 5.82 Å². The van der Waals surface area contributed by atoms with Crippen LogP contribution in [0.5, 0.6) is 0 Å². The van der Waals surface area contributed by atoms with E-state index in [4.69, 9.17) is 0 Å². The summed E-state index contributed by atoms with van der Waals surface area (Å²) in [5, 5.41) is 12.2. The van der Waals surface area contributed by atoms with E-state index in [-0.39, 0.29) is 5.92 Å². The maximum absolute atomic E-state index is 12.2. The average molecular weight is 351 g/mol. The van der Waals surface area contributed by atoms with Crippen molar-refractivity contribution in [1.82, 2.24) is 9.97 Å². The van der Waals surface area contributed by atoms with E-state index in [1.165, 1.54) is 43.4 Å². The third-order valence-corrected chi connectivity index (χ3v) is 7.42. The number of aliphatic hydroxyl groups is 1. The van der Waals surface area contributed by atoms with Crippen LogP contribution >= 0.6 is 0 Å². The summed E-state index contributed by atoms with van der Waals surface area (Å²) >= 11 is 0. The van der Waals surface area contributed by atoms with E-state index < -0.39 is 5.60 Å². The minimum absolute atomic E-state index is 0.0765. The summed E-state index contributed by atoms with van der Waals surface area (Å²) < 4.78 is 0. The molecule has 1 unspecified atom stereocenters. The van der Waals surface area contributed by atoms with Crippen molar-refractivity contribution >= 4 is 5.69 Å². The van der Waals surface area contributed by atoms with Gasteiger partial charge in [-0.05, 0) is 73.5 Å². The predicted octanol–water partition coefficient (Wildman–Crippen LogP) is 3.79. The highest BCUT2D eigenvalue weighted by atomic mass is 16.3. The lowest BCUT2D eigenvalue weighted by Gasteiger charge is -2.61. The van der Waals surface area contributed by atoms with E-state index in [0.29, 0.717) is 11.8 Å². The standard InChI is InChI=1S/C22H29N3O/c1-25(2)19-5-3-4-16(13-19)20(21-23-6-7-24-21)22(26)17-9-14-8-15(11-17)12-18(22)10-14/h3-7,13-15,17-18,20,26H,8-12H2,1-2H3,(H,23,24). The Balaban J connectivity index is 1.63. The number of aromatic amines is 1. The molecule has 0 aliphatic heterocycles. The maximum atomic E-state index is 12.2. The van der Waals surface area contributed by atoms with Gasteiger partial charge < -0.3 is 15.0 Å². The fourth-order valence-electron chi connectivity index (χ4n) is 6.47. The van der Waals surface area contributed by atoms with Crippen LogP contribution in [0.1, 0.15) is 49.4 Å². The highest BCUT2D eigenvalue weighted by Crippen LogP contribution is 2.62. The van der Waals surface area contributed by atoms with Gasteiger partial charge in [0.15, 0.2) is 0 Å². The van der Waals surface area contributed by atoms with E-state index in [1.54, 1.807) is 0 Å². The van der Waals surface area contributed by atoms with Gasteiger partial charge in [-0.15, -0.1) is 0 Å². The first-order valence-electron chi connectivity index (χ1n) is 10.0. The van der Waals surface area contributed by atoms with Crippen LogP contribution in [0.2, 0.25) is 0 Å². The second-order valence-electron chi connectivity index (χ2n) is 9.09. The van der Waals surface area contributed by atoms with E-state index >= 15 is 0 Å². The van der Waals surface area contributed by atoms with Crippen LogP contribution < -0.4 is 4.90 Å². The highest BCUT2D eigenvalue weighted by molar-refractivity contribution is 5.49. The summed E-state index contributed by atoms with van der Waals surface area (Å²) in [6, 6.07) is 8.64. The number of anilines is 1. The van der Waals surface area contributed by atoms with Crippen molar-refractivity contribution in [3.63, 3.8) is 0 Å². The number of H-pyrrole nitrogens is 1. The van der Waals surface area contributed by atoms with Crippen LogP contribution in [0.3, 0.4) is 0 Å². The Bertz CT molecular complexity index is 754. The zero-order valence-electron chi connectivity index (χ0n) is 15.7. The van der Waals surface area contributed by atoms with Crippen molar-refractivity contribution in [2.24, 2.45) is 23.7 Å². The number of hydrogen-bond acceptors (Lipinski definition) is 3. The predicted molar refractivity (Wildman–Crippen MR) is 103 cm³/mol. The Morgan fingerprint density at radius 1 is 1.12 bits per heavy atom. The number of hydrogen-bond donors (Lipinski definition) is 2. The SMILES string of the molecule is CN(C)c1cccc(C(c2ncc[nH]2)C2(O)C3CC4CC(C3)CC2C4)c1. The zero-order valence-corrected chi connectivity index (χ0v) is 15.7. The normalized spacial score (nSPS) is 36.3. The number of nitrogens with zero attached hydrogens (tertiary/aromatic N) is 2. The molecular formula is C22H29N3O. The molecule has 4 nitrogen and oxygen atoms in total. The minimum atomic E-state index is -0.684. The van der Waals surface area contributed by atoms with Gasteiger partial charge in [-0.1, -0.05) is 12.1 Å². The molecule has 0 spiro atoms. The Kier molecular flexibility index (Phi) is 3.68. The van der Waals surface area contributed by atoms with Crippen molar-refractivity contribution in [2.45, 2.75) is 43.6 Å². The number of imidazole rings is 1. The summed E-state index contributed by atoms with van der Waals surface area (Å²) in [4.78, 5) is 10.1. The molecular weight excluding hydrogens is 322 g/mol. The molecule has 4 fully saturated rings. The second-order valence-corrected chi connectivity index (χ2v) is 9.09. The fraction of sp³-hybridized carbons (Fsp3) is 0.591. The molecule has 1 aromatic heterocycles. The zero-order chi connectivity index (χ0) is 17.9. The molecule has 4 aliphatic carbocycles. The molecule has 2 aromatic rings. The Morgan fingerprint density at radius 3 is 2.38 bits per heavy atom. The van der Waals surface area contributed by atoms with Gasteiger partial charge in [-0.25, -0.2) is 4.98 Å². The molecule has 1 aromatic carbocycles. The monoisotopic (exact) mass is 351 g/mol. The smallest absolute Gasteiger partial charge is 0.116 e. The average Bonchev–Trinajstić information content (AvgIpc) is 3.13. The Hall–Kier alpha value is -1.81. The molecule has 0 radical (unpaired) electrons. The van der Waals surface area contributed by atoms with E-state index in [1.807, 2.05) is 12.4 Å². The molecule has 26 heavy (non-hydrogen) atoms. The number of benzene rings is 1. The summed E-state index contributed by atoms with van der Waals surface area (Å²) in [5.74, 6) is 3.31. The largest absolute Gasteiger partial charge is 0.388 e. The van der Waals surface area contributed by atoms with Crippen molar-refractivity contribution in [2.75, 3.05) is 19.0 Å². The molecule has 0 saturated heterocycles. The lowest BCUT2D eigenvalue weighted by molar-refractivity contribution is -0.181. The molecule has 4 saturated carbocycles. The second kappa shape index (κ2) is 5.85. The molecule has 0 amide bonds. The van der Waals surface area contributed by atoms with Gasteiger partial charge >= 0.3 is 0 Å². The van der Waals surface area contributed by atoms with Gasteiger partial charge in [0.2, 0.25) is 0 Å². The summed E-state index contributed by atoms with van der Waals surface area (Å²) in [7, 11) is 4.14. The quantitative estimate of drug-likeness (QED) is 0.881. The summed E-state index contributed by atoms with van der Waals surface area (Å²) in [6.07, 6.45) is 9.85. The van der Waals surface area contributed by atoms with Crippen molar-refractivity contribution < 1.29 is 5.11 Å². The van der Waals surface area contributed by atoms with Crippen LogP contribution in [0.25, 0.3) is 0 Å². The van der Waals surface area contributed by atoms with Crippen molar-refractivity contribution in [3.8, 4) is 0 Å². The van der Waals surface area contributed by atoms with E-state index in [0.717, 1.165) is 17.7 Å². The molecule has 4 heteroatoms. The molecule has 2 N–H and O–H groups in total. The molecule has 1 atom stereocenters. The van der Waals surface area contributed by atoms with Crippen LogP contribution in [-0.2, 0) is 0 Å². The Morgan fingerprint density at radius 2 is 1.81 bits per heavy atom. The van der Waals surface area contributed by atoms with Crippen LogP contribution in [0, 0.1) is 23.7 Å². The highest BCUT2D eigenvalue weighted by Gasteiger charge is 2.60. The first-order valence-corrected chi connectivity index (χ1v) is 10.0. The molecule has 4 aliphatic rings. The Labute approximate surface area is 155 Å². The number of nitrogens with one attached hydrogen (secondary N) is 1. The van der Waals surface area contributed by atoms with Crippen LogP contribution in [-0.4, -0.2) is 34.8 Å². The van der Waals surface area contributed by atoms with Gasteiger partial charge in [0.25, 0.3) is 0 Å². The first-order chi connectivity index (χ1) is 12.6. The third kappa shape index (κ3) is 2.34. The van der Waals surface area contributed by atoms with Gasteiger partial charge in [-0.3, -0.25) is 0 Å². The lowest BCUT2D eigenvalue weighted by Crippen LogP contribution is -2.60. The van der Waals surface area contributed by atoms with Gasteiger partial charge in [0.05, 0.1) is 11.5 Å². The van der Waals surface area contributed by atoms with Gasteiger partial charge in [0, 0.05) is 32.2 Å². The van der Waals surface area contributed by atoms with E-state index in [2.05, 4.69) is 53.2 Å². The van der Waals surface area contributed by atoms with Crippen molar-refractivity contribution in [3.05, 3.63) is 48.0 Å². The van der Waals surface area contributed by atoms with Gasteiger partial charge in [-0.2, -0.15) is 0 Å². The molecule has 138 valence electrons. The first kappa shape index (κ1) is 16.4. The molecule has 6 rings (SSSR count). The number of rotatable bonds is 4. The minimum Gasteiger partial charge on any atom is -0.388 e. The van der Waals surface area contributed by atoms with Crippen molar-refractivity contribution in [1.29, 1.82) is 0 Å². The lowest BCUT2D eigenvalue weighted by atomic mass is 9.46. The third-order valence-electron chi connectivity index (χ3n) is 7.42. The van der Waals surface area contributed by atoms with Crippen LogP contribution in [0.15, 0.2) is 36.7 Å². The fourth-order valence-corrected chi connectivity index (χ4v) is 6.47. The topological polar surface area (TPSA) is 52.2 Å². The maximum Gasteiger partial charge on any atom is 0.116 e. The molecule has 1 heterocycles. The molecule has 4 bridgehead atoms. The number of aromatic nitrogens is 2.